The Morgan fingerprint density at radius 3 is 3.10 bits per heavy atom. The molecule has 2 N–H and O–H groups in total. The van der Waals surface area contributed by atoms with Crippen LogP contribution in [0.5, 0.6) is 11.5 Å². The number of ether oxygens (including phenoxy) is 1. The molecule has 0 aromatic heterocycles. The van der Waals surface area contributed by atoms with Crippen molar-refractivity contribution in [3.8, 4) is 11.5 Å². The van der Waals surface area contributed by atoms with E-state index in [9.17, 15) is 5.11 Å². The molecule has 4 heteroatoms. The summed E-state index contributed by atoms with van der Waals surface area (Å²) in [6.45, 7) is 5.69. The molecule has 0 saturated carbocycles. The largest absolute Gasteiger partial charge is 0.504 e. The van der Waals surface area contributed by atoms with Gasteiger partial charge in [0.1, 0.15) is 0 Å². The Morgan fingerprint density at radius 1 is 1.35 bits per heavy atom. The maximum Gasteiger partial charge on any atom is 0.162 e. The summed E-state index contributed by atoms with van der Waals surface area (Å²) in [6.07, 6.45) is 3.85. The van der Waals surface area contributed by atoms with Gasteiger partial charge in [-0.05, 0) is 38.8 Å². The predicted molar refractivity (Wildman–Crippen MR) is 79.1 cm³/mol. The van der Waals surface area contributed by atoms with Gasteiger partial charge in [0.2, 0.25) is 0 Å². The summed E-state index contributed by atoms with van der Waals surface area (Å²) in [7, 11) is 0. The van der Waals surface area contributed by atoms with Crippen molar-refractivity contribution in [3.63, 3.8) is 0 Å². The number of aromatic hydroxyl groups is 1. The number of phenolic OH excluding ortho intramolecular Hbond substituents is 1. The molecule has 2 saturated heterocycles. The zero-order valence-corrected chi connectivity index (χ0v) is 12.1. The molecule has 1 aromatic carbocycles. The molecule has 0 amide bonds. The van der Waals surface area contributed by atoms with Crippen LogP contribution in [0.25, 0.3) is 0 Å². The fraction of sp³-hybridized carbons (Fsp3) is 0.625. The van der Waals surface area contributed by atoms with E-state index in [1.807, 2.05) is 25.1 Å². The highest BCUT2D eigenvalue weighted by atomic mass is 16.5. The standard InChI is InChI=1S/C16H24N2O2/c1-2-20-15-7-3-5-12(16(15)19)11-17-13-8-10-18-9-4-6-14(13)18/h3,5,7,13-14,17,19H,2,4,6,8-11H2,1H3. The lowest BCUT2D eigenvalue weighted by Crippen LogP contribution is -2.38. The third kappa shape index (κ3) is 2.63. The lowest BCUT2D eigenvalue weighted by Gasteiger charge is -2.21. The van der Waals surface area contributed by atoms with E-state index in [0.29, 0.717) is 31.0 Å². The summed E-state index contributed by atoms with van der Waals surface area (Å²) in [5, 5.41) is 13.8. The highest BCUT2D eigenvalue weighted by Gasteiger charge is 2.36. The third-order valence-electron chi connectivity index (χ3n) is 4.54. The Kier molecular flexibility index (Phi) is 4.13. The quantitative estimate of drug-likeness (QED) is 0.864. The van der Waals surface area contributed by atoms with Gasteiger partial charge in [0.15, 0.2) is 11.5 Å². The summed E-state index contributed by atoms with van der Waals surface area (Å²) in [4.78, 5) is 2.59. The zero-order valence-electron chi connectivity index (χ0n) is 12.1. The first-order valence-corrected chi connectivity index (χ1v) is 7.70. The van der Waals surface area contributed by atoms with E-state index in [0.717, 1.165) is 5.56 Å². The van der Waals surface area contributed by atoms with E-state index in [1.165, 1.54) is 32.4 Å². The smallest absolute Gasteiger partial charge is 0.162 e. The van der Waals surface area contributed by atoms with Crippen molar-refractivity contribution in [1.29, 1.82) is 0 Å². The van der Waals surface area contributed by atoms with E-state index >= 15 is 0 Å². The molecular formula is C16H24N2O2. The van der Waals surface area contributed by atoms with Crippen LogP contribution in [0.4, 0.5) is 0 Å². The number of nitrogens with zero attached hydrogens (tertiary/aromatic N) is 1. The number of nitrogens with one attached hydrogen (secondary N) is 1. The van der Waals surface area contributed by atoms with Crippen LogP contribution >= 0.6 is 0 Å². The highest BCUT2D eigenvalue weighted by Crippen LogP contribution is 2.31. The first kappa shape index (κ1) is 13.7. The highest BCUT2D eigenvalue weighted by molar-refractivity contribution is 5.45. The van der Waals surface area contributed by atoms with Crippen LogP contribution in [0.3, 0.4) is 0 Å². The number of rotatable bonds is 5. The maximum atomic E-state index is 10.2. The van der Waals surface area contributed by atoms with E-state index in [4.69, 9.17) is 4.74 Å². The summed E-state index contributed by atoms with van der Waals surface area (Å²) >= 11 is 0. The van der Waals surface area contributed by atoms with Crippen molar-refractivity contribution in [2.45, 2.75) is 44.8 Å². The first-order valence-electron chi connectivity index (χ1n) is 7.70. The molecule has 2 atom stereocenters. The molecule has 110 valence electrons. The molecule has 2 unspecified atom stereocenters. The van der Waals surface area contributed by atoms with Gasteiger partial charge in [0.05, 0.1) is 6.61 Å². The number of fused-ring (bicyclic) bond motifs is 1. The van der Waals surface area contributed by atoms with Gasteiger partial charge in [-0.2, -0.15) is 0 Å². The number of phenols is 1. The van der Waals surface area contributed by atoms with Crippen LogP contribution in [-0.4, -0.2) is 41.8 Å². The third-order valence-corrected chi connectivity index (χ3v) is 4.54. The van der Waals surface area contributed by atoms with Gasteiger partial charge in [-0.1, -0.05) is 12.1 Å². The van der Waals surface area contributed by atoms with Gasteiger partial charge in [0.25, 0.3) is 0 Å². The number of hydrogen-bond acceptors (Lipinski definition) is 4. The first-order chi connectivity index (χ1) is 9.79. The van der Waals surface area contributed by atoms with E-state index in [-0.39, 0.29) is 5.75 Å². The Morgan fingerprint density at radius 2 is 2.25 bits per heavy atom. The summed E-state index contributed by atoms with van der Waals surface area (Å²) in [6, 6.07) is 6.99. The van der Waals surface area contributed by atoms with Gasteiger partial charge >= 0.3 is 0 Å². The Balaban J connectivity index is 1.62. The second-order valence-electron chi connectivity index (χ2n) is 5.72. The molecule has 2 heterocycles. The molecule has 1 aromatic rings. The number of hydrogen-bond donors (Lipinski definition) is 2. The van der Waals surface area contributed by atoms with Gasteiger partial charge in [-0.3, -0.25) is 4.90 Å². The molecule has 0 aliphatic carbocycles. The van der Waals surface area contributed by atoms with Gasteiger partial charge in [-0.15, -0.1) is 0 Å². The van der Waals surface area contributed by atoms with Crippen LogP contribution < -0.4 is 10.1 Å². The average molecular weight is 276 g/mol. The fourth-order valence-corrected chi connectivity index (χ4v) is 3.54. The zero-order chi connectivity index (χ0) is 13.9. The minimum atomic E-state index is 0.281. The lowest BCUT2D eigenvalue weighted by molar-refractivity contribution is 0.296. The SMILES string of the molecule is CCOc1cccc(CNC2CCN3CCCC23)c1O. The second-order valence-corrected chi connectivity index (χ2v) is 5.72. The van der Waals surface area contributed by atoms with Crippen molar-refractivity contribution in [2.24, 2.45) is 0 Å². The van der Waals surface area contributed by atoms with E-state index in [1.54, 1.807) is 0 Å². The monoisotopic (exact) mass is 276 g/mol. The molecule has 3 rings (SSSR count). The maximum absolute atomic E-state index is 10.2. The molecule has 2 aliphatic heterocycles. The van der Waals surface area contributed by atoms with Gasteiger partial charge < -0.3 is 15.2 Å². The molecule has 0 bridgehead atoms. The molecule has 2 aliphatic rings. The van der Waals surface area contributed by atoms with Crippen molar-refractivity contribution in [1.82, 2.24) is 10.2 Å². The van der Waals surface area contributed by atoms with Crippen molar-refractivity contribution in [2.75, 3.05) is 19.7 Å². The summed E-state index contributed by atoms with van der Waals surface area (Å²) in [5.41, 5.74) is 0.924. The average Bonchev–Trinajstić information content (AvgIpc) is 3.04. The predicted octanol–water partition coefficient (Wildman–Crippen LogP) is 2.12. The second kappa shape index (κ2) is 6.02. The Bertz CT molecular complexity index is 464. The molecule has 4 nitrogen and oxygen atoms in total. The minimum Gasteiger partial charge on any atom is -0.504 e. The molecular weight excluding hydrogens is 252 g/mol. The lowest BCUT2D eigenvalue weighted by atomic mass is 10.1. The normalized spacial score (nSPS) is 25.9. The van der Waals surface area contributed by atoms with Crippen molar-refractivity contribution < 1.29 is 9.84 Å². The number of para-hydroxylation sites is 1. The molecule has 0 spiro atoms. The Labute approximate surface area is 120 Å². The molecule has 0 radical (unpaired) electrons. The van der Waals surface area contributed by atoms with Crippen LogP contribution in [0.1, 0.15) is 31.7 Å². The topological polar surface area (TPSA) is 44.7 Å². The summed E-state index contributed by atoms with van der Waals surface area (Å²) < 4.78 is 5.43. The van der Waals surface area contributed by atoms with Crippen LogP contribution in [-0.2, 0) is 6.54 Å². The van der Waals surface area contributed by atoms with Crippen LogP contribution in [0.2, 0.25) is 0 Å². The molecule has 2 fully saturated rings. The van der Waals surface area contributed by atoms with E-state index in [2.05, 4.69) is 10.2 Å². The minimum absolute atomic E-state index is 0.281. The number of benzene rings is 1. The summed E-state index contributed by atoms with van der Waals surface area (Å²) in [5.74, 6) is 0.865. The van der Waals surface area contributed by atoms with Gasteiger partial charge in [-0.25, -0.2) is 0 Å². The Hall–Kier alpha value is -1.26. The van der Waals surface area contributed by atoms with Crippen LogP contribution in [0, 0.1) is 0 Å². The van der Waals surface area contributed by atoms with Crippen LogP contribution in [0.15, 0.2) is 18.2 Å². The van der Waals surface area contributed by atoms with Gasteiger partial charge in [0, 0.05) is 30.7 Å². The van der Waals surface area contributed by atoms with E-state index < -0.39 is 0 Å². The molecule has 20 heavy (non-hydrogen) atoms. The van der Waals surface area contributed by atoms with Crippen molar-refractivity contribution in [3.05, 3.63) is 23.8 Å². The fourth-order valence-electron chi connectivity index (χ4n) is 3.54. The van der Waals surface area contributed by atoms with Crippen molar-refractivity contribution >= 4 is 0 Å².